The minimum atomic E-state index is -3.24. The van der Waals surface area contributed by atoms with Gasteiger partial charge in [-0.15, -0.1) is 11.6 Å². The molecule has 2 aromatic carbocycles. The monoisotopic (exact) mass is 404 g/mol. The van der Waals surface area contributed by atoms with Crippen LogP contribution < -0.4 is 9.47 Å². The van der Waals surface area contributed by atoms with Crippen LogP contribution in [0.4, 0.5) is 13.2 Å². The van der Waals surface area contributed by atoms with Gasteiger partial charge in [-0.05, 0) is 48.5 Å². The summed E-state index contributed by atoms with van der Waals surface area (Å²) >= 11 is 5.46. The largest absolute Gasteiger partial charge is 0.491 e. The molecule has 0 aliphatic carbocycles. The Hall–Kier alpha value is -1.96. The van der Waals surface area contributed by atoms with Crippen LogP contribution in [-0.2, 0) is 5.92 Å². The summed E-state index contributed by atoms with van der Waals surface area (Å²) in [5.41, 5.74) is -0.471. The number of alkyl halides is 4. The lowest BCUT2D eigenvalue weighted by Gasteiger charge is -2.18. The topological polar surface area (TPSA) is 58.9 Å². The molecule has 0 radical (unpaired) electrons. The van der Waals surface area contributed by atoms with Gasteiger partial charge in [-0.25, -0.2) is 4.39 Å². The first-order chi connectivity index (χ1) is 12.9. The Morgan fingerprint density at radius 1 is 0.815 bits per heavy atom. The highest BCUT2D eigenvalue weighted by atomic mass is 35.5. The van der Waals surface area contributed by atoms with E-state index in [0.717, 1.165) is 0 Å². The lowest BCUT2D eigenvalue weighted by molar-refractivity contribution is 0.0425. The van der Waals surface area contributed by atoms with Crippen molar-refractivity contribution < 1.29 is 32.9 Å². The zero-order valence-electron chi connectivity index (χ0n) is 14.3. The third kappa shape index (κ3) is 6.02. The molecule has 0 aliphatic rings. The summed E-state index contributed by atoms with van der Waals surface area (Å²) in [6, 6.07) is 10.3. The molecule has 0 amide bonds. The Kier molecular flexibility index (Phi) is 7.77. The Morgan fingerprint density at radius 3 is 1.59 bits per heavy atom. The molecule has 0 aromatic heterocycles. The maximum atomic E-state index is 14.7. The first kappa shape index (κ1) is 21.3. The Bertz CT molecular complexity index is 636. The quantitative estimate of drug-likeness (QED) is 0.595. The fourth-order valence-corrected chi connectivity index (χ4v) is 2.25. The lowest BCUT2D eigenvalue weighted by Crippen LogP contribution is -2.19. The molecule has 0 spiro atoms. The van der Waals surface area contributed by atoms with E-state index >= 15 is 0 Å². The molecular weight excluding hydrogens is 385 g/mol. The maximum absolute atomic E-state index is 14.7. The molecule has 8 heteroatoms. The van der Waals surface area contributed by atoms with Crippen molar-refractivity contribution in [2.45, 2.75) is 18.1 Å². The third-order valence-corrected chi connectivity index (χ3v) is 4.03. The molecular formula is C19H20ClF3O4. The van der Waals surface area contributed by atoms with Crippen molar-refractivity contribution in [2.75, 3.05) is 25.8 Å². The fourth-order valence-electron chi connectivity index (χ4n) is 2.16. The fraction of sp³-hybridized carbons (Fsp3) is 0.368. The van der Waals surface area contributed by atoms with Crippen molar-refractivity contribution in [3.8, 4) is 11.5 Å². The van der Waals surface area contributed by atoms with E-state index in [1.165, 1.54) is 48.5 Å². The average molecular weight is 405 g/mol. The number of hydrogen-bond acceptors (Lipinski definition) is 4. The van der Waals surface area contributed by atoms with Crippen molar-refractivity contribution in [2.24, 2.45) is 0 Å². The first-order valence-electron chi connectivity index (χ1n) is 8.19. The van der Waals surface area contributed by atoms with Gasteiger partial charge in [0.1, 0.15) is 43.6 Å². The SMILES string of the molecule is O[C@H](CF)COc1ccc(C(F)(F)c2ccc(OC[C@@H](O)CCl)cc2)cc1. The highest BCUT2D eigenvalue weighted by molar-refractivity contribution is 6.18. The Morgan fingerprint density at radius 2 is 1.22 bits per heavy atom. The van der Waals surface area contributed by atoms with Crippen LogP contribution in [-0.4, -0.2) is 48.2 Å². The summed E-state index contributed by atoms with van der Waals surface area (Å²) in [4.78, 5) is 0. The van der Waals surface area contributed by atoms with E-state index in [4.69, 9.17) is 26.2 Å². The van der Waals surface area contributed by atoms with Gasteiger partial charge in [-0.1, -0.05) is 0 Å². The van der Waals surface area contributed by atoms with Crippen LogP contribution in [0.5, 0.6) is 11.5 Å². The molecule has 0 unspecified atom stereocenters. The molecule has 0 saturated carbocycles. The van der Waals surface area contributed by atoms with Gasteiger partial charge in [0.25, 0.3) is 5.92 Å². The van der Waals surface area contributed by atoms with Crippen LogP contribution in [0.2, 0.25) is 0 Å². The number of halogens is 4. The molecule has 2 aromatic rings. The van der Waals surface area contributed by atoms with Crippen molar-refractivity contribution >= 4 is 11.6 Å². The van der Waals surface area contributed by atoms with Gasteiger partial charge in [0.05, 0.1) is 5.88 Å². The summed E-state index contributed by atoms with van der Waals surface area (Å²) in [7, 11) is 0. The molecule has 0 heterocycles. The van der Waals surface area contributed by atoms with E-state index in [-0.39, 0.29) is 36.0 Å². The zero-order chi connectivity index (χ0) is 19.9. The summed E-state index contributed by atoms with van der Waals surface area (Å²) < 4.78 is 51.9. The summed E-state index contributed by atoms with van der Waals surface area (Å²) in [6.45, 7) is -1.23. The van der Waals surface area contributed by atoms with Gasteiger partial charge in [0.15, 0.2) is 0 Å². The van der Waals surface area contributed by atoms with Crippen molar-refractivity contribution in [1.29, 1.82) is 0 Å². The highest BCUT2D eigenvalue weighted by Crippen LogP contribution is 2.37. The van der Waals surface area contributed by atoms with Crippen molar-refractivity contribution in [1.82, 2.24) is 0 Å². The number of benzene rings is 2. The van der Waals surface area contributed by atoms with Gasteiger partial charge >= 0.3 is 0 Å². The van der Waals surface area contributed by atoms with Crippen LogP contribution in [0.1, 0.15) is 11.1 Å². The van der Waals surface area contributed by atoms with Gasteiger partial charge in [-0.2, -0.15) is 8.78 Å². The second-order valence-electron chi connectivity index (χ2n) is 5.86. The van der Waals surface area contributed by atoms with E-state index in [1.807, 2.05) is 0 Å². The molecule has 2 N–H and O–H groups in total. The smallest absolute Gasteiger partial charge is 0.298 e. The highest BCUT2D eigenvalue weighted by Gasteiger charge is 2.33. The van der Waals surface area contributed by atoms with Crippen LogP contribution in [0.25, 0.3) is 0 Å². The van der Waals surface area contributed by atoms with Gasteiger partial charge in [0.2, 0.25) is 0 Å². The molecule has 2 atom stereocenters. The van der Waals surface area contributed by atoms with Gasteiger partial charge in [0, 0.05) is 11.1 Å². The second-order valence-corrected chi connectivity index (χ2v) is 6.17. The predicted octanol–water partition coefficient (Wildman–Crippen LogP) is 3.51. The molecule has 0 bridgehead atoms. The van der Waals surface area contributed by atoms with Gasteiger partial charge in [-0.3, -0.25) is 0 Å². The standard InChI is InChI=1S/C19H20ClF3O4/c20-9-15(24)11-26-17-5-1-13(2-6-17)19(22,23)14-3-7-18(8-4-14)27-12-16(25)10-21/h1-8,15-16,24-25H,9-12H2/t15-,16+/m0/s1. The summed E-state index contributed by atoms with van der Waals surface area (Å²) in [6.07, 6.45) is -2.09. The molecule has 0 fully saturated rings. The first-order valence-corrected chi connectivity index (χ1v) is 8.72. The van der Waals surface area contributed by atoms with Crippen LogP contribution in [0, 0.1) is 0 Å². The Labute approximate surface area is 160 Å². The molecule has 0 saturated heterocycles. The van der Waals surface area contributed by atoms with E-state index < -0.39 is 24.8 Å². The predicted molar refractivity (Wildman–Crippen MR) is 95.6 cm³/mol. The van der Waals surface area contributed by atoms with Gasteiger partial charge < -0.3 is 19.7 Å². The van der Waals surface area contributed by atoms with Crippen molar-refractivity contribution in [3.63, 3.8) is 0 Å². The van der Waals surface area contributed by atoms with Crippen LogP contribution >= 0.6 is 11.6 Å². The van der Waals surface area contributed by atoms with E-state index in [0.29, 0.717) is 5.75 Å². The summed E-state index contributed by atoms with van der Waals surface area (Å²) in [5.74, 6) is -2.63. The molecule has 4 nitrogen and oxygen atoms in total. The number of rotatable bonds is 10. The number of aliphatic hydroxyl groups is 2. The number of ether oxygens (including phenoxy) is 2. The minimum absolute atomic E-state index is 0.0165. The van der Waals surface area contributed by atoms with Crippen LogP contribution in [0.3, 0.4) is 0 Å². The molecule has 148 valence electrons. The Balaban J connectivity index is 2.04. The second kappa shape index (κ2) is 9.82. The number of aliphatic hydroxyl groups excluding tert-OH is 2. The van der Waals surface area contributed by atoms with E-state index in [9.17, 15) is 18.3 Å². The molecule has 0 aliphatic heterocycles. The van der Waals surface area contributed by atoms with E-state index in [1.54, 1.807) is 0 Å². The lowest BCUT2D eigenvalue weighted by atomic mass is 10.0. The normalized spacial score (nSPS) is 13.9. The van der Waals surface area contributed by atoms with E-state index in [2.05, 4.69) is 0 Å². The van der Waals surface area contributed by atoms with Crippen molar-refractivity contribution in [3.05, 3.63) is 59.7 Å². The van der Waals surface area contributed by atoms with Crippen LogP contribution in [0.15, 0.2) is 48.5 Å². The third-order valence-electron chi connectivity index (χ3n) is 3.67. The average Bonchev–Trinajstić information content (AvgIpc) is 2.70. The number of hydrogen-bond donors (Lipinski definition) is 2. The minimum Gasteiger partial charge on any atom is -0.491 e. The zero-order valence-corrected chi connectivity index (χ0v) is 15.1. The summed E-state index contributed by atoms with van der Waals surface area (Å²) in [5, 5.41) is 18.4. The molecule has 27 heavy (non-hydrogen) atoms. The maximum Gasteiger partial charge on any atom is 0.298 e. The molecule has 2 rings (SSSR count).